The van der Waals surface area contributed by atoms with E-state index in [2.05, 4.69) is 5.32 Å². The highest BCUT2D eigenvalue weighted by molar-refractivity contribution is 6.32. The number of nitrogens with one attached hydrogen (secondary N) is 1. The van der Waals surface area contributed by atoms with Gasteiger partial charge in [-0.15, -0.1) is 0 Å². The minimum absolute atomic E-state index is 0.00576. The third kappa shape index (κ3) is 5.12. The average molecular weight is 414 g/mol. The molecule has 0 saturated carbocycles. The van der Waals surface area contributed by atoms with Crippen molar-refractivity contribution in [2.24, 2.45) is 0 Å². The molecule has 0 saturated heterocycles. The van der Waals surface area contributed by atoms with E-state index >= 15 is 0 Å². The van der Waals surface area contributed by atoms with Crippen LogP contribution < -0.4 is 10.1 Å². The molecule has 1 N–H and O–H groups in total. The van der Waals surface area contributed by atoms with Gasteiger partial charge in [0.25, 0.3) is 5.91 Å². The second-order valence-electron chi connectivity index (χ2n) is 6.04. The molecule has 7 heteroatoms. The monoisotopic (exact) mass is 413 g/mol. The first-order valence-corrected chi connectivity index (χ1v) is 9.01. The Balaban J connectivity index is 1.84. The highest BCUT2D eigenvalue weighted by atomic mass is 35.5. The fourth-order valence-electron chi connectivity index (χ4n) is 2.64. The van der Waals surface area contributed by atoms with E-state index in [9.17, 15) is 14.0 Å². The van der Waals surface area contributed by atoms with Crippen LogP contribution >= 0.6 is 11.6 Å². The second kappa shape index (κ2) is 9.21. The maximum Gasteiger partial charge on any atom is 0.339 e. The molecular formula is C22H17ClFNO4. The van der Waals surface area contributed by atoms with Crippen molar-refractivity contribution in [1.82, 2.24) is 0 Å². The molecule has 5 nitrogen and oxygen atoms in total. The Hall–Kier alpha value is -3.38. The molecule has 0 aliphatic heterocycles. The number of halogens is 2. The van der Waals surface area contributed by atoms with E-state index in [0.717, 1.165) is 6.07 Å². The first-order chi connectivity index (χ1) is 14.0. The van der Waals surface area contributed by atoms with Crippen LogP contribution in [0.25, 0.3) is 0 Å². The third-order valence-corrected chi connectivity index (χ3v) is 4.34. The van der Waals surface area contributed by atoms with E-state index in [1.165, 1.54) is 31.4 Å². The fourth-order valence-corrected chi connectivity index (χ4v) is 2.90. The lowest BCUT2D eigenvalue weighted by Crippen LogP contribution is -2.26. The smallest absolute Gasteiger partial charge is 0.339 e. The minimum atomic E-state index is -1.24. The van der Waals surface area contributed by atoms with Gasteiger partial charge in [0.1, 0.15) is 11.6 Å². The summed E-state index contributed by atoms with van der Waals surface area (Å²) < 4.78 is 23.9. The summed E-state index contributed by atoms with van der Waals surface area (Å²) >= 11 is 6.09. The van der Waals surface area contributed by atoms with E-state index in [4.69, 9.17) is 21.1 Å². The van der Waals surface area contributed by atoms with Gasteiger partial charge < -0.3 is 14.8 Å². The Bertz CT molecular complexity index is 1030. The maximum atomic E-state index is 13.4. The number of amides is 1. The summed E-state index contributed by atoms with van der Waals surface area (Å²) in [7, 11) is 1.48. The summed E-state index contributed by atoms with van der Waals surface area (Å²) in [5.74, 6) is -1.52. The lowest BCUT2D eigenvalue weighted by molar-refractivity contribution is -0.125. The Labute approximate surface area is 172 Å². The molecule has 1 atom stereocenters. The number of carbonyl (C=O) groups is 2. The molecule has 29 heavy (non-hydrogen) atoms. The number of ether oxygens (including phenoxy) is 2. The third-order valence-electron chi connectivity index (χ3n) is 4.04. The zero-order valence-corrected chi connectivity index (χ0v) is 16.2. The molecule has 0 bridgehead atoms. The molecule has 0 spiro atoms. The number of esters is 1. The molecule has 0 aromatic heterocycles. The van der Waals surface area contributed by atoms with Gasteiger partial charge in [-0.2, -0.15) is 0 Å². The molecular weight excluding hydrogens is 397 g/mol. The number of hydrogen-bond acceptors (Lipinski definition) is 4. The zero-order valence-electron chi connectivity index (χ0n) is 15.4. The van der Waals surface area contributed by atoms with Crippen molar-refractivity contribution in [3.05, 3.63) is 94.8 Å². The standard InChI is InChI=1S/C22H17ClFNO4/c1-28-19-11-10-17(13-18(19)23)25-21(26)20(14-6-3-2-4-7-14)29-22(27)15-8-5-9-16(24)12-15/h2-13,20H,1H3,(H,25,26)/t20-/m1/s1. The van der Waals surface area contributed by atoms with Crippen LogP contribution in [0.3, 0.4) is 0 Å². The van der Waals surface area contributed by atoms with Crippen molar-refractivity contribution in [3.8, 4) is 5.75 Å². The van der Waals surface area contributed by atoms with Crippen molar-refractivity contribution in [3.63, 3.8) is 0 Å². The van der Waals surface area contributed by atoms with E-state index in [-0.39, 0.29) is 5.56 Å². The van der Waals surface area contributed by atoms with Gasteiger partial charge in [-0.1, -0.05) is 48.0 Å². The van der Waals surface area contributed by atoms with Gasteiger partial charge in [0.15, 0.2) is 0 Å². The van der Waals surface area contributed by atoms with E-state index in [0.29, 0.717) is 22.0 Å². The molecule has 0 unspecified atom stereocenters. The van der Waals surface area contributed by atoms with Crippen molar-refractivity contribution >= 4 is 29.2 Å². The molecule has 0 aliphatic rings. The number of methoxy groups -OCH3 is 1. The Morgan fingerprint density at radius 2 is 1.76 bits per heavy atom. The lowest BCUT2D eigenvalue weighted by Gasteiger charge is -2.18. The zero-order chi connectivity index (χ0) is 20.8. The number of benzene rings is 3. The predicted molar refractivity (Wildman–Crippen MR) is 108 cm³/mol. The SMILES string of the molecule is COc1ccc(NC(=O)[C@H](OC(=O)c2cccc(F)c2)c2ccccc2)cc1Cl. The molecule has 148 valence electrons. The number of anilines is 1. The van der Waals surface area contributed by atoms with Gasteiger partial charge in [0.2, 0.25) is 6.10 Å². The topological polar surface area (TPSA) is 64.6 Å². The van der Waals surface area contributed by atoms with Gasteiger partial charge in [-0.25, -0.2) is 9.18 Å². The lowest BCUT2D eigenvalue weighted by atomic mass is 10.1. The summed E-state index contributed by atoms with van der Waals surface area (Å²) in [5, 5.41) is 2.99. The van der Waals surface area contributed by atoms with Gasteiger partial charge in [-0.05, 0) is 36.4 Å². The Morgan fingerprint density at radius 1 is 1.00 bits per heavy atom. The first-order valence-electron chi connectivity index (χ1n) is 8.64. The predicted octanol–water partition coefficient (Wildman–Crippen LogP) is 5.02. The van der Waals surface area contributed by atoms with Crippen LogP contribution in [-0.2, 0) is 9.53 Å². The van der Waals surface area contributed by atoms with E-state index in [1.807, 2.05) is 0 Å². The molecule has 3 rings (SSSR count). The normalized spacial score (nSPS) is 11.4. The van der Waals surface area contributed by atoms with Crippen molar-refractivity contribution < 1.29 is 23.5 Å². The summed E-state index contributed by atoms with van der Waals surface area (Å²) in [5.41, 5.74) is 0.879. The van der Waals surface area contributed by atoms with Crippen molar-refractivity contribution in [2.75, 3.05) is 12.4 Å². The van der Waals surface area contributed by atoms with E-state index < -0.39 is 23.8 Å². The summed E-state index contributed by atoms with van der Waals surface area (Å²) in [6.07, 6.45) is -1.24. The fraction of sp³-hybridized carbons (Fsp3) is 0.0909. The van der Waals surface area contributed by atoms with Crippen LogP contribution in [0.2, 0.25) is 5.02 Å². The van der Waals surface area contributed by atoms with Crippen LogP contribution in [0.1, 0.15) is 22.0 Å². The Morgan fingerprint density at radius 3 is 2.41 bits per heavy atom. The largest absolute Gasteiger partial charge is 0.495 e. The van der Waals surface area contributed by atoms with Crippen LogP contribution in [0, 0.1) is 5.82 Å². The molecule has 0 heterocycles. The number of hydrogen-bond donors (Lipinski definition) is 1. The maximum absolute atomic E-state index is 13.4. The number of carbonyl (C=O) groups excluding carboxylic acids is 2. The molecule has 1 amide bonds. The first kappa shape index (κ1) is 20.4. The van der Waals surface area contributed by atoms with E-state index in [1.54, 1.807) is 42.5 Å². The quantitative estimate of drug-likeness (QED) is 0.576. The Kier molecular flexibility index (Phi) is 6.46. The molecule has 0 radical (unpaired) electrons. The van der Waals surface area contributed by atoms with Crippen LogP contribution in [0.5, 0.6) is 5.75 Å². The molecule has 3 aromatic rings. The highest BCUT2D eigenvalue weighted by Crippen LogP contribution is 2.28. The summed E-state index contributed by atoms with van der Waals surface area (Å²) in [4.78, 5) is 25.3. The van der Waals surface area contributed by atoms with Crippen LogP contribution in [0.4, 0.5) is 10.1 Å². The number of rotatable bonds is 6. The molecule has 3 aromatic carbocycles. The average Bonchev–Trinajstić information content (AvgIpc) is 2.72. The van der Waals surface area contributed by atoms with Crippen molar-refractivity contribution in [2.45, 2.75) is 6.10 Å². The highest BCUT2D eigenvalue weighted by Gasteiger charge is 2.26. The minimum Gasteiger partial charge on any atom is -0.495 e. The van der Waals surface area contributed by atoms with Gasteiger partial charge >= 0.3 is 5.97 Å². The van der Waals surface area contributed by atoms with Crippen molar-refractivity contribution in [1.29, 1.82) is 0 Å². The van der Waals surface area contributed by atoms with Crippen LogP contribution in [0.15, 0.2) is 72.8 Å². The van der Waals surface area contributed by atoms with Gasteiger partial charge in [-0.3, -0.25) is 4.79 Å². The van der Waals surface area contributed by atoms with Crippen LogP contribution in [-0.4, -0.2) is 19.0 Å². The second-order valence-corrected chi connectivity index (χ2v) is 6.45. The molecule has 0 aliphatic carbocycles. The molecule has 0 fully saturated rings. The van der Waals surface area contributed by atoms with Gasteiger partial charge in [0, 0.05) is 11.3 Å². The summed E-state index contributed by atoms with van der Waals surface area (Å²) in [6, 6.07) is 18.3. The van der Waals surface area contributed by atoms with Gasteiger partial charge in [0.05, 0.1) is 17.7 Å². The summed E-state index contributed by atoms with van der Waals surface area (Å²) in [6.45, 7) is 0.